The molecular weight excluding hydrogens is 260 g/mol. The minimum absolute atomic E-state index is 0.413. The second kappa shape index (κ2) is 6.37. The summed E-state index contributed by atoms with van der Waals surface area (Å²) in [5.74, 6) is 0.983. The molecule has 3 atom stereocenters. The van der Waals surface area contributed by atoms with Crippen molar-refractivity contribution in [1.29, 1.82) is 0 Å². The van der Waals surface area contributed by atoms with Gasteiger partial charge in [-0.25, -0.2) is 0 Å². The van der Waals surface area contributed by atoms with Gasteiger partial charge in [0.2, 0.25) is 0 Å². The van der Waals surface area contributed by atoms with Crippen LogP contribution >= 0.6 is 0 Å². The monoisotopic (exact) mass is 288 g/mol. The average molecular weight is 288 g/mol. The van der Waals surface area contributed by atoms with Gasteiger partial charge in [0.15, 0.2) is 0 Å². The van der Waals surface area contributed by atoms with Gasteiger partial charge in [-0.05, 0) is 56.7 Å². The van der Waals surface area contributed by atoms with Gasteiger partial charge >= 0.3 is 0 Å². The highest BCUT2D eigenvalue weighted by Gasteiger charge is 2.41. The number of nitrogens with zero attached hydrogens (tertiary/aromatic N) is 1. The van der Waals surface area contributed by atoms with E-state index in [0.717, 1.165) is 18.8 Å². The molecule has 2 heterocycles. The molecular formula is C18H28N2O. The third kappa shape index (κ3) is 3.09. The Bertz CT molecular complexity index is 445. The highest BCUT2D eigenvalue weighted by molar-refractivity contribution is 5.29. The lowest BCUT2D eigenvalue weighted by Crippen LogP contribution is -2.48. The quantitative estimate of drug-likeness (QED) is 0.901. The van der Waals surface area contributed by atoms with Gasteiger partial charge in [-0.2, -0.15) is 0 Å². The van der Waals surface area contributed by atoms with E-state index in [2.05, 4.69) is 43.0 Å². The predicted octanol–water partition coefficient (Wildman–Crippen LogP) is 3.49. The molecule has 2 N–H and O–H groups in total. The molecule has 3 nitrogen and oxygen atoms in total. The Morgan fingerprint density at radius 3 is 2.38 bits per heavy atom. The fourth-order valence-corrected chi connectivity index (χ4v) is 4.12. The summed E-state index contributed by atoms with van der Waals surface area (Å²) < 4.78 is 5.67. The largest absolute Gasteiger partial charge is 0.494 e. The lowest BCUT2D eigenvalue weighted by molar-refractivity contribution is 0.0853. The molecule has 21 heavy (non-hydrogen) atoms. The van der Waals surface area contributed by atoms with Crippen LogP contribution in [0.3, 0.4) is 0 Å². The third-order valence-electron chi connectivity index (χ3n) is 5.11. The molecule has 0 spiro atoms. The Labute approximate surface area is 128 Å². The molecule has 2 fully saturated rings. The fourth-order valence-electron chi connectivity index (χ4n) is 4.12. The molecule has 3 rings (SSSR count). The fraction of sp³-hybridized carbons (Fsp3) is 0.667. The first-order valence-electron chi connectivity index (χ1n) is 8.44. The molecule has 0 amide bonds. The van der Waals surface area contributed by atoms with Crippen LogP contribution in [-0.4, -0.2) is 29.6 Å². The highest BCUT2D eigenvalue weighted by atomic mass is 16.5. The van der Waals surface area contributed by atoms with Gasteiger partial charge < -0.3 is 10.5 Å². The summed E-state index contributed by atoms with van der Waals surface area (Å²) in [5.41, 5.74) is 7.57. The zero-order chi connectivity index (χ0) is 14.8. The standard InChI is InChI=1S/C18H28N2O/c1-3-10-21-18-8-4-14(5-9-18)13(2)20-16-6-7-17(20)12-15(19)11-16/h4-5,8-9,13,15-17H,3,6-7,10-12,19H2,1-2H3. The van der Waals surface area contributed by atoms with Crippen molar-refractivity contribution in [3.63, 3.8) is 0 Å². The third-order valence-corrected chi connectivity index (χ3v) is 5.11. The second-order valence-electron chi connectivity index (χ2n) is 6.66. The summed E-state index contributed by atoms with van der Waals surface area (Å²) >= 11 is 0. The molecule has 2 saturated heterocycles. The van der Waals surface area contributed by atoms with Gasteiger partial charge in [0.25, 0.3) is 0 Å². The minimum atomic E-state index is 0.413. The maximum atomic E-state index is 6.18. The van der Waals surface area contributed by atoms with E-state index in [4.69, 9.17) is 10.5 Å². The maximum Gasteiger partial charge on any atom is 0.119 e. The normalized spacial score (nSPS) is 30.3. The van der Waals surface area contributed by atoms with Crippen LogP contribution in [0.1, 0.15) is 57.6 Å². The smallest absolute Gasteiger partial charge is 0.119 e. The Morgan fingerprint density at radius 2 is 1.81 bits per heavy atom. The first-order valence-corrected chi connectivity index (χ1v) is 8.44. The first-order chi connectivity index (χ1) is 10.2. The van der Waals surface area contributed by atoms with Crippen molar-refractivity contribution in [3.05, 3.63) is 29.8 Å². The summed E-state index contributed by atoms with van der Waals surface area (Å²) in [6, 6.07) is 10.9. The Hall–Kier alpha value is -1.06. The number of hydrogen-bond acceptors (Lipinski definition) is 3. The van der Waals surface area contributed by atoms with Crippen molar-refractivity contribution in [1.82, 2.24) is 4.90 Å². The Morgan fingerprint density at radius 1 is 1.19 bits per heavy atom. The van der Waals surface area contributed by atoms with Crippen LogP contribution in [0.25, 0.3) is 0 Å². The average Bonchev–Trinajstić information content (AvgIpc) is 2.77. The van der Waals surface area contributed by atoms with E-state index < -0.39 is 0 Å². The molecule has 2 aliphatic heterocycles. The van der Waals surface area contributed by atoms with Crippen molar-refractivity contribution >= 4 is 0 Å². The van der Waals surface area contributed by atoms with Crippen LogP contribution < -0.4 is 10.5 Å². The van der Waals surface area contributed by atoms with E-state index in [1.165, 1.54) is 31.2 Å². The van der Waals surface area contributed by atoms with E-state index in [9.17, 15) is 0 Å². The molecule has 116 valence electrons. The van der Waals surface area contributed by atoms with E-state index >= 15 is 0 Å². The van der Waals surface area contributed by atoms with Crippen molar-refractivity contribution in [2.24, 2.45) is 5.73 Å². The molecule has 0 radical (unpaired) electrons. The molecule has 2 aliphatic rings. The molecule has 0 aliphatic carbocycles. The van der Waals surface area contributed by atoms with Gasteiger partial charge in [0.05, 0.1) is 6.61 Å². The summed E-state index contributed by atoms with van der Waals surface area (Å²) in [6.45, 7) is 5.26. The summed E-state index contributed by atoms with van der Waals surface area (Å²) in [7, 11) is 0. The van der Waals surface area contributed by atoms with Crippen LogP contribution in [0.2, 0.25) is 0 Å². The zero-order valence-electron chi connectivity index (χ0n) is 13.3. The number of rotatable bonds is 5. The van der Waals surface area contributed by atoms with Gasteiger partial charge in [-0.3, -0.25) is 4.90 Å². The number of piperidine rings is 1. The van der Waals surface area contributed by atoms with Crippen molar-refractivity contribution in [2.45, 2.75) is 70.1 Å². The number of hydrogen-bond donors (Lipinski definition) is 1. The lowest BCUT2D eigenvalue weighted by Gasteiger charge is -2.41. The number of nitrogens with two attached hydrogens (primary N) is 1. The van der Waals surface area contributed by atoms with Crippen LogP contribution in [0.15, 0.2) is 24.3 Å². The number of fused-ring (bicyclic) bond motifs is 2. The van der Waals surface area contributed by atoms with Gasteiger partial charge in [0, 0.05) is 24.2 Å². The highest BCUT2D eigenvalue weighted by Crippen LogP contribution is 2.41. The first kappa shape index (κ1) is 14.9. The molecule has 1 aromatic rings. The summed E-state index contributed by atoms with van der Waals surface area (Å²) in [6.07, 6.45) is 6.02. The number of benzene rings is 1. The van der Waals surface area contributed by atoms with Crippen LogP contribution in [0.5, 0.6) is 5.75 Å². The zero-order valence-corrected chi connectivity index (χ0v) is 13.3. The van der Waals surface area contributed by atoms with E-state index in [0.29, 0.717) is 24.2 Å². The maximum absolute atomic E-state index is 6.18. The molecule has 0 aromatic heterocycles. The number of ether oxygens (including phenoxy) is 1. The topological polar surface area (TPSA) is 38.5 Å². The van der Waals surface area contributed by atoms with Crippen LogP contribution in [0.4, 0.5) is 0 Å². The second-order valence-corrected chi connectivity index (χ2v) is 6.66. The SMILES string of the molecule is CCCOc1ccc(C(C)N2C3CCC2CC(N)C3)cc1. The summed E-state index contributed by atoms with van der Waals surface area (Å²) in [5, 5.41) is 0. The van der Waals surface area contributed by atoms with E-state index in [1.807, 2.05) is 0 Å². The van der Waals surface area contributed by atoms with Gasteiger partial charge in [-0.1, -0.05) is 19.1 Å². The van der Waals surface area contributed by atoms with Crippen molar-refractivity contribution < 1.29 is 4.74 Å². The minimum Gasteiger partial charge on any atom is -0.494 e. The van der Waals surface area contributed by atoms with Crippen LogP contribution in [-0.2, 0) is 0 Å². The van der Waals surface area contributed by atoms with Crippen molar-refractivity contribution in [3.8, 4) is 5.75 Å². The Kier molecular flexibility index (Phi) is 4.51. The predicted molar refractivity (Wildman–Crippen MR) is 86.5 cm³/mol. The van der Waals surface area contributed by atoms with E-state index in [-0.39, 0.29) is 0 Å². The Balaban J connectivity index is 1.69. The molecule has 3 heteroatoms. The lowest BCUT2D eigenvalue weighted by atomic mass is 9.94. The molecule has 0 saturated carbocycles. The van der Waals surface area contributed by atoms with E-state index in [1.54, 1.807) is 0 Å². The van der Waals surface area contributed by atoms with Crippen molar-refractivity contribution in [2.75, 3.05) is 6.61 Å². The van der Waals surface area contributed by atoms with Gasteiger partial charge in [-0.15, -0.1) is 0 Å². The van der Waals surface area contributed by atoms with Gasteiger partial charge in [0.1, 0.15) is 5.75 Å². The molecule has 1 aromatic carbocycles. The molecule has 2 bridgehead atoms. The summed E-state index contributed by atoms with van der Waals surface area (Å²) in [4.78, 5) is 2.71. The molecule has 3 unspecified atom stereocenters. The van der Waals surface area contributed by atoms with Crippen LogP contribution in [0, 0.1) is 0 Å².